The van der Waals surface area contributed by atoms with Crippen molar-refractivity contribution >= 4 is 11.8 Å². The second-order valence-corrected chi connectivity index (χ2v) is 5.80. The fourth-order valence-electron chi connectivity index (χ4n) is 2.78. The van der Waals surface area contributed by atoms with Gasteiger partial charge in [0.1, 0.15) is 5.41 Å². The number of hydrogen-bond acceptors (Lipinski definition) is 4. The SMILES string of the molecule is CC(C)OC(=O)C1(Cc2ccc(C#N)cc2)CCCC1=O. The van der Waals surface area contributed by atoms with Crippen LogP contribution in [0.15, 0.2) is 24.3 Å². The van der Waals surface area contributed by atoms with Gasteiger partial charge in [0.2, 0.25) is 0 Å². The van der Waals surface area contributed by atoms with Gasteiger partial charge in [-0.05, 0) is 50.8 Å². The van der Waals surface area contributed by atoms with E-state index in [-0.39, 0.29) is 11.9 Å². The van der Waals surface area contributed by atoms with E-state index in [0.29, 0.717) is 24.8 Å². The highest BCUT2D eigenvalue weighted by Gasteiger charge is 2.49. The van der Waals surface area contributed by atoms with Crippen LogP contribution in [0.2, 0.25) is 0 Å². The van der Waals surface area contributed by atoms with Gasteiger partial charge >= 0.3 is 5.97 Å². The van der Waals surface area contributed by atoms with Gasteiger partial charge in [-0.25, -0.2) is 0 Å². The van der Waals surface area contributed by atoms with Crippen molar-refractivity contribution < 1.29 is 14.3 Å². The summed E-state index contributed by atoms with van der Waals surface area (Å²) in [4.78, 5) is 24.7. The average molecular weight is 285 g/mol. The third kappa shape index (κ3) is 3.13. The van der Waals surface area contributed by atoms with Gasteiger partial charge in [-0.1, -0.05) is 12.1 Å². The summed E-state index contributed by atoms with van der Waals surface area (Å²) in [6, 6.07) is 9.07. The first-order chi connectivity index (χ1) is 9.98. The van der Waals surface area contributed by atoms with Gasteiger partial charge in [-0.15, -0.1) is 0 Å². The molecule has 0 spiro atoms. The van der Waals surface area contributed by atoms with Gasteiger partial charge in [0.25, 0.3) is 0 Å². The molecule has 1 fully saturated rings. The second-order valence-electron chi connectivity index (χ2n) is 5.80. The lowest BCUT2D eigenvalue weighted by atomic mass is 9.79. The third-order valence-corrected chi connectivity index (χ3v) is 3.86. The summed E-state index contributed by atoms with van der Waals surface area (Å²) in [5.74, 6) is -0.443. The topological polar surface area (TPSA) is 67.2 Å². The first-order valence-electron chi connectivity index (χ1n) is 7.21. The van der Waals surface area contributed by atoms with Crippen molar-refractivity contribution in [1.82, 2.24) is 0 Å². The van der Waals surface area contributed by atoms with Crippen LogP contribution in [0.4, 0.5) is 0 Å². The fourth-order valence-corrected chi connectivity index (χ4v) is 2.78. The van der Waals surface area contributed by atoms with Crippen LogP contribution in [0.5, 0.6) is 0 Å². The predicted molar refractivity (Wildman–Crippen MR) is 77.4 cm³/mol. The van der Waals surface area contributed by atoms with E-state index in [0.717, 1.165) is 12.0 Å². The van der Waals surface area contributed by atoms with Crippen molar-refractivity contribution in [1.29, 1.82) is 5.26 Å². The van der Waals surface area contributed by atoms with Gasteiger partial charge < -0.3 is 4.74 Å². The number of benzene rings is 1. The molecule has 0 heterocycles. The molecule has 4 heteroatoms. The Morgan fingerprint density at radius 3 is 2.52 bits per heavy atom. The van der Waals surface area contributed by atoms with Crippen molar-refractivity contribution in [3.05, 3.63) is 35.4 Å². The lowest BCUT2D eigenvalue weighted by Crippen LogP contribution is -2.40. The number of ether oxygens (including phenoxy) is 1. The monoisotopic (exact) mass is 285 g/mol. The molecule has 110 valence electrons. The number of esters is 1. The maximum atomic E-state index is 12.4. The number of carbonyl (C=O) groups is 2. The normalized spacial score (nSPS) is 21.3. The molecule has 0 aromatic heterocycles. The Bertz CT molecular complexity index is 583. The van der Waals surface area contributed by atoms with E-state index in [2.05, 4.69) is 6.07 Å². The average Bonchev–Trinajstić information content (AvgIpc) is 2.81. The number of carbonyl (C=O) groups excluding carboxylic acids is 2. The highest BCUT2D eigenvalue weighted by molar-refractivity contribution is 6.05. The maximum Gasteiger partial charge on any atom is 0.320 e. The lowest BCUT2D eigenvalue weighted by Gasteiger charge is -2.26. The van der Waals surface area contributed by atoms with E-state index in [1.165, 1.54) is 0 Å². The van der Waals surface area contributed by atoms with Crippen LogP contribution in [0.1, 0.15) is 44.2 Å². The molecule has 0 bridgehead atoms. The zero-order chi connectivity index (χ0) is 15.5. The fraction of sp³-hybridized carbons (Fsp3) is 0.471. The lowest BCUT2D eigenvalue weighted by molar-refractivity contribution is -0.162. The van der Waals surface area contributed by atoms with Crippen LogP contribution in [0.25, 0.3) is 0 Å². The molecule has 21 heavy (non-hydrogen) atoms. The van der Waals surface area contributed by atoms with Gasteiger partial charge in [0, 0.05) is 6.42 Å². The highest BCUT2D eigenvalue weighted by Crippen LogP contribution is 2.39. The Kier molecular flexibility index (Phi) is 4.42. The van der Waals surface area contributed by atoms with Crippen molar-refractivity contribution in [2.75, 3.05) is 0 Å². The zero-order valence-corrected chi connectivity index (χ0v) is 12.4. The Hall–Kier alpha value is -2.15. The van der Waals surface area contributed by atoms with Crippen LogP contribution < -0.4 is 0 Å². The minimum Gasteiger partial charge on any atom is -0.462 e. The first kappa shape index (κ1) is 15.2. The summed E-state index contributed by atoms with van der Waals surface area (Å²) < 4.78 is 5.31. The van der Waals surface area contributed by atoms with Crippen molar-refractivity contribution in [2.24, 2.45) is 5.41 Å². The number of nitrogens with zero attached hydrogens (tertiary/aromatic N) is 1. The van der Waals surface area contributed by atoms with Crippen molar-refractivity contribution in [3.8, 4) is 6.07 Å². The minimum atomic E-state index is -1.04. The van der Waals surface area contributed by atoms with E-state index in [1.807, 2.05) is 0 Å². The number of ketones is 1. The molecule has 0 aliphatic heterocycles. The molecule has 0 N–H and O–H groups in total. The third-order valence-electron chi connectivity index (χ3n) is 3.86. The molecule has 1 aromatic rings. The number of nitriles is 1. The Balaban J connectivity index is 2.26. The van der Waals surface area contributed by atoms with Crippen LogP contribution >= 0.6 is 0 Å². The van der Waals surface area contributed by atoms with Gasteiger partial charge in [-0.2, -0.15) is 5.26 Å². The Morgan fingerprint density at radius 1 is 1.38 bits per heavy atom. The zero-order valence-electron chi connectivity index (χ0n) is 12.4. The molecule has 1 unspecified atom stereocenters. The van der Waals surface area contributed by atoms with E-state index >= 15 is 0 Å². The van der Waals surface area contributed by atoms with Gasteiger partial charge in [-0.3, -0.25) is 9.59 Å². The smallest absolute Gasteiger partial charge is 0.320 e. The highest BCUT2D eigenvalue weighted by atomic mass is 16.5. The molecule has 2 rings (SSSR count). The Morgan fingerprint density at radius 2 is 2.05 bits per heavy atom. The quantitative estimate of drug-likeness (QED) is 0.630. The van der Waals surface area contributed by atoms with Crippen LogP contribution in [-0.4, -0.2) is 17.9 Å². The molecule has 0 amide bonds. The molecule has 1 atom stereocenters. The molecule has 0 radical (unpaired) electrons. The van der Waals surface area contributed by atoms with E-state index in [9.17, 15) is 9.59 Å². The minimum absolute atomic E-state index is 0.0301. The van der Waals surface area contributed by atoms with E-state index in [4.69, 9.17) is 10.00 Å². The predicted octanol–water partition coefficient (Wildman–Crippen LogP) is 2.79. The number of hydrogen-bond donors (Lipinski definition) is 0. The summed E-state index contributed by atoms with van der Waals surface area (Å²) in [5, 5.41) is 8.81. The molecular weight excluding hydrogens is 266 g/mol. The van der Waals surface area contributed by atoms with Gasteiger partial charge in [0.05, 0.1) is 17.7 Å². The largest absolute Gasteiger partial charge is 0.462 e. The number of Topliss-reactive ketones (excluding diaryl/α,β-unsaturated/α-hetero) is 1. The van der Waals surface area contributed by atoms with Crippen LogP contribution in [0.3, 0.4) is 0 Å². The van der Waals surface area contributed by atoms with Gasteiger partial charge in [0.15, 0.2) is 5.78 Å². The summed E-state index contributed by atoms with van der Waals surface area (Å²) in [7, 11) is 0. The summed E-state index contributed by atoms with van der Waals surface area (Å²) in [5.41, 5.74) is 0.401. The summed E-state index contributed by atoms with van der Waals surface area (Å²) in [6.07, 6.45) is 1.82. The second kappa shape index (κ2) is 6.09. The maximum absolute atomic E-state index is 12.4. The first-order valence-corrected chi connectivity index (χ1v) is 7.21. The van der Waals surface area contributed by atoms with Crippen molar-refractivity contribution in [2.45, 2.75) is 45.6 Å². The molecule has 1 aliphatic carbocycles. The Labute approximate surface area is 124 Å². The van der Waals surface area contributed by atoms with E-state index < -0.39 is 11.4 Å². The van der Waals surface area contributed by atoms with E-state index in [1.54, 1.807) is 38.1 Å². The number of rotatable bonds is 4. The summed E-state index contributed by atoms with van der Waals surface area (Å²) in [6.45, 7) is 3.57. The van der Waals surface area contributed by atoms with Crippen LogP contribution in [-0.2, 0) is 20.7 Å². The molecular formula is C17H19NO3. The molecule has 0 saturated heterocycles. The molecule has 1 saturated carbocycles. The summed E-state index contributed by atoms with van der Waals surface area (Å²) >= 11 is 0. The molecule has 1 aromatic carbocycles. The molecule has 1 aliphatic rings. The standard InChI is InChI=1S/C17H19NO3/c1-12(2)21-16(20)17(9-3-4-15(17)19)10-13-5-7-14(11-18)8-6-13/h5-8,12H,3-4,9-10H2,1-2H3. The molecule has 4 nitrogen and oxygen atoms in total. The van der Waals surface area contributed by atoms with Crippen molar-refractivity contribution in [3.63, 3.8) is 0 Å². The van der Waals surface area contributed by atoms with Crippen LogP contribution in [0, 0.1) is 16.7 Å².